The van der Waals surface area contributed by atoms with E-state index in [1.54, 1.807) is 0 Å². The number of piperidine rings is 1. The number of urea groups is 1. The first-order chi connectivity index (χ1) is 21.9. The van der Waals surface area contributed by atoms with Gasteiger partial charge < -0.3 is 10.5 Å². The summed E-state index contributed by atoms with van der Waals surface area (Å²) in [6, 6.07) is 21.5. The fraction of sp³-hybridized carbons (Fsp3) is 0.242. The van der Waals surface area contributed by atoms with Gasteiger partial charge in [0.2, 0.25) is 5.91 Å². The van der Waals surface area contributed by atoms with Crippen molar-refractivity contribution in [2.24, 2.45) is 0 Å². The van der Waals surface area contributed by atoms with E-state index in [9.17, 15) is 14.0 Å². The highest BCUT2D eigenvalue weighted by molar-refractivity contribution is 6.05. The lowest BCUT2D eigenvalue weighted by atomic mass is 10.0. The Labute approximate surface area is 258 Å². The number of benzene rings is 3. The summed E-state index contributed by atoms with van der Waals surface area (Å²) in [5, 5.41) is 8.02. The molecule has 2 aromatic heterocycles. The summed E-state index contributed by atoms with van der Waals surface area (Å²) < 4.78 is 22.5. The Balaban J connectivity index is 1.07. The summed E-state index contributed by atoms with van der Waals surface area (Å²) >= 11 is 0. The normalized spacial score (nSPS) is 16.2. The second-order valence-electron chi connectivity index (χ2n) is 11.3. The summed E-state index contributed by atoms with van der Waals surface area (Å²) in [6.07, 6.45) is 3.26. The molecule has 0 bridgehead atoms. The molecule has 12 heteroatoms. The molecule has 0 saturated carbocycles. The van der Waals surface area contributed by atoms with E-state index >= 15 is 0 Å². The number of likely N-dealkylation sites (tertiary alicyclic amines) is 1. The molecule has 11 nitrogen and oxygen atoms in total. The van der Waals surface area contributed by atoms with Gasteiger partial charge in [-0.3, -0.25) is 19.9 Å². The van der Waals surface area contributed by atoms with E-state index in [1.165, 1.54) is 23.4 Å². The van der Waals surface area contributed by atoms with Gasteiger partial charge in [0, 0.05) is 43.9 Å². The number of hydrogen-bond acceptors (Lipinski definition) is 8. The van der Waals surface area contributed by atoms with Crippen molar-refractivity contribution in [2.75, 3.05) is 30.3 Å². The van der Waals surface area contributed by atoms with Gasteiger partial charge in [-0.25, -0.2) is 23.8 Å². The molecule has 0 unspecified atom stereocenters. The molecule has 2 aliphatic rings. The van der Waals surface area contributed by atoms with Gasteiger partial charge in [0.25, 0.3) is 0 Å². The predicted molar refractivity (Wildman–Crippen MR) is 167 cm³/mol. The minimum atomic E-state index is -0.532. The maximum atomic E-state index is 14.6. The third kappa shape index (κ3) is 5.92. The molecule has 2 aliphatic heterocycles. The second kappa shape index (κ2) is 12.0. The number of nitrogens with one attached hydrogen (secondary N) is 1. The van der Waals surface area contributed by atoms with Crippen molar-refractivity contribution in [3.63, 3.8) is 0 Å². The van der Waals surface area contributed by atoms with Crippen molar-refractivity contribution < 1.29 is 18.7 Å². The lowest BCUT2D eigenvalue weighted by Gasteiger charge is -2.32. The molecule has 0 atom stereocenters. The lowest BCUT2D eigenvalue weighted by Crippen LogP contribution is -2.49. The van der Waals surface area contributed by atoms with Crippen molar-refractivity contribution in [2.45, 2.75) is 31.8 Å². The molecular weight excluding hydrogens is 575 g/mol. The van der Waals surface area contributed by atoms with Crippen LogP contribution in [0, 0.1) is 5.82 Å². The van der Waals surface area contributed by atoms with Gasteiger partial charge in [-0.1, -0.05) is 18.2 Å². The SMILES string of the molecule is Nc1ncnc2c1c(-c1ccc(Oc3ccccc3)cc1)nn2C1CCN(Cc2cc(F)cc(N3CCC(=O)NC3=O)c2)CC1. The molecule has 3 N–H and O–H groups in total. The average molecular weight is 607 g/mol. The first-order valence-corrected chi connectivity index (χ1v) is 14.9. The highest BCUT2D eigenvalue weighted by atomic mass is 19.1. The summed E-state index contributed by atoms with van der Waals surface area (Å²) in [7, 11) is 0. The molecule has 0 radical (unpaired) electrons. The van der Waals surface area contributed by atoms with Crippen LogP contribution < -0.4 is 20.7 Å². The number of fused-ring (bicyclic) bond motifs is 1. The van der Waals surface area contributed by atoms with Crippen molar-refractivity contribution in [1.82, 2.24) is 30.0 Å². The van der Waals surface area contributed by atoms with Crippen molar-refractivity contribution >= 4 is 34.5 Å². The van der Waals surface area contributed by atoms with Gasteiger partial charge in [0.15, 0.2) is 5.65 Å². The van der Waals surface area contributed by atoms with Gasteiger partial charge in [0.1, 0.15) is 35.2 Å². The standard InChI is InChI=1S/C33H31FN8O3/c34-23-16-21(17-25(18-23)41-15-12-28(43)38-33(41)44)19-40-13-10-24(11-14-40)42-32-29(31(35)36-20-37-32)30(39-42)22-6-8-27(9-7-22)45-26-4-2-1-3-5-26/h1-9,16-18,20,24H,10-15,19H2,(H2,35,36,37)(H,38,43,44). The Morgan fingerprint density at radius 2 is 1.69 bits per heavy atom. The van der Waals surface area contributed by atoms with Crippen molar-refractivity contribution in [3.8, 4) is 22.8 Å². The number of nitrogens with zero attached hydrogens (tertiary/aromatic N) is 6. The molecule has 3 amide bonds. The monoisotopic (exact) mass is 606 g/mol. The Hall–Kier alpha value is -5.36. The molecule has 7 rings (SSSR count). The maximum Gasteiger partial charge on any atom is 0.328 e. The summed E-state index contributed by atoms with van der Waals surface area (Å²) in [4.78, 5) is 36.3. The van der Waals surface area contributed by atoms with Crippen LogP contribution in [-0.2, 0) is 11.3 Å². The van der Waals surface area contributed by atoms with E-state index in [2.05, 4.69) is 20.2 Å². The highest BCUT2D eigenvalue weighted by Gasteiger charge is 2.28. The molecule has 228 valence electrons. The van der Waals surface area contributed by atoms with Crippen LogP contribution in [0.2, 0.25) is 0 Å². The largest absolute Gasteiger partial charge is 0.457 e. The number of carbonyl (C=O) groups is 2. The topological polar surface area (TPSA) is 131 Å². The smallest absolute Gasteiger partial charge is 0.328 e. The van der Waals surface area contributed by atoms with Crippen LogP contribution in [0.3, 0.4) is 0 Å². The number of aromatic nitrogens is 4. The van der Waals surface area contributed by atoms with Crippen molar-refractivity contribution in [3.05, 3.63) is 90.5 Å². The fourth-order valence-corrected chi connectivity index (χ4v) is 6.03. The second-order valence-corrected chi connectivity index (χ2v) is 11.3. The Bertz CT molecular complexity index is 1870. The number of nitrogens with two attached hydrogens (primary N) is 1. The van der Waals surface area contributed by atoms with Crippen LogP contribution in [0.1, 0.15) is 30.9 Å². The zero-order valence-corrected chi connectivity index (χ0v) is 24.4. The van der Waals surface area contributed by atoms with E-state index in [1.807, 2.05) is 65.3 Å². The number of hydrogen-bond donors (Lipinski definition) is 2. The molecule has 4 heterocycles. The third-order valence-corrected chi connectivity index (χ3v) is 8.24. The molecule has 3 aromatic carbocycles. The lowest BCUT2D eigenvalue weighted by molar-refractivity contribution is -0.120. The first kappa shape index (κ1) is 28.4. The molecule has 0 spiro atoms. The van der Waals surface area contributed by atoms with Gasteiger partial charge in [-0.05, 0) is 73.0 Å². The first-order valence-electron chi connectivity index (χ1n) is 14.9. The summed E-state index contributed by atoms with van der Waals surface area (Å²) in [5.74, 6) is 1.10. The number of carbonyl (C=O) groups excluding carboxylic acids is 2. The molecule has 2 saturated heterocycles. The number of halogens is 1. The molecule has 5 aromatic rings. The minimum Gasteiger partial charge on any atom is -0.457 e. The van der Waals surface area contributed by atoms with Crippen LogP contribution >= 0.6 is 0 Å². The number of nitrogen functional groups attached to an aromatic ring is 1. The zero-order valence-electron chi connectivity index (χ0n) is 24.4. The number of rotatable bonds is 7. The van der Waals surface area contributed by atoms with Crippen LogP contribution in [0.5, 0.6) is 11.5 Å². The van der Waals surface area contributed by atoms with Crippen molar-refractivity contribution in [1.29, 1.82) is 0 Å². The number of ether oxygens (including phenoxy) is 1. The zero-order chi connectivity index (χ0) is 30.9. The van der Waals surface area contributed by atoms with Gasteiger partial charge in [-0.2, -0.15) is 5.10 Å². The minimum absolute atomic E-state index is 0.0881. The molecular formula is C33H31FN8O3. The summed E-state index contributed by atoms with van der Waals surface area (Å²) in [6.45, 7) is 2.28. The van der Waals surface area contributed by atoms with E-state index in [0.29, 0.717) is 40.5 Å². The Morgan fingerprint density at radius 1 is 0.933 bits per heavy atom. The van der Waals surface area contributed by atoms with Crippen LogP contribution in [0.15, 0.2) is 79.1 Å². The average Bonchev–Trinajstić information content (AvgIpc) is 3.43. The molecule has 2 fully saturated rings. The van der Waals surface area contributed by atoms with Gasteiger partial charge in [0.05, 0.1) is 11.4 Å². The summed E-state index contributed by atoms with van der Waals surface area (Å²) in [5.41, 5.74) is 9.85. The van der Waals surface area contributed by atoms with E-state index < -0.39 is 11.8 Å². The number of anilines is 2. The number of para-hydroxylation sites is 1. The van der Waals surface area contributed by atoms with E-state index in [-0.39, 0.29) is 24.9 Å². The van der Waals surface area contributed by atoms with Gasteiger partial charge in [-0.15, -0.1) is 0 Å². The predicted octanol–water partition coefficient (Wildman–Crippen LogP) is 5.29. The number of imide groups is 1. The van der Waals surface area contributed by atoms with Gasteiger partial charge >= 0.3 is 6.03 Å². The van der Waals surface area contributed by atoms with Crippen LogP contribution in [0.25, 0.3) is 22.3 Å². The Morgan fingerprint density at radius 3 is 2.44 bits per heavy atom. The van der Waals surface area contributed by atoms with E-state index in [4.69, 9.17) is 15.6 Å². The fourth-order valence-electron chi connectivity index (χ4n) is 6.03. The molecule has 0 aliphatic carbocycles. The van der Waals surface area contributed by atoms with Crippen LogP contribution in [0.4, 0.5) is 20.7 Å². The van der Waals surface area contributed by atoms with E-state index in [0.717, 1.165) is 42.8 Å². The quantitative estimate of drug-likeness (QED) is 0.256. The molecule has 45 heavy (non-hydrogen) atoms. The highest BCUT2D eigenvalue weighted by Crippen LogP contribution is 2.35. The van der Waals surface area contributed by atoms with Crippen LogP contribution in [-0.4, -0.2) is 56.2 Å². The Kier molecular flexibility index (Phi) is 7.55. The third-order valence-electron chi connectivity index (χ3n) is 8.24. The maximum absolute atomic E-state index is 14.6. The number of amides is 3.